The summed E-state index contributed by atoms with van der Waals surface area (Å²) in [5.74, 6) is 0. The quantitative estimate of drug-likeness (QED) is 0.590. The Labute approximate surface area is 98.5 Å². The molecule has 2 atom stereocenters. The minimum absolute atomic E-state index is 0.238. The Bertz CT molecular complexity index is 403. The van der Waals surface area contributed by atoms with Crippen molar-refractivity contribution in [2.24, 2.45) is 5.73 Å². The molecule has 5 nitrogen and oxygen atoms in total. The van der Waals surface area contributed by atoms with Gasteiger partial charge in [-0.15, -0.1) is 0 Å². The van der Waals surface area contributed by atoms with Crippen molar-refractivity contribution in [1.82, 2.24) is 4.98 Å². The first-order valence-electron chi connectivity index (χ1n) is 4.95. The Morgan fingerprint density at radius 3 is 2.62 bits per heavy atom. The summed E-state index contributed by atoms with van der Waals surface area (Å²) in [4.78, 5) is 6.14. The van der Waals surface area contributed by atoms with Gasteiger partial charge >= 0.3 is 0 Å². The third kappa shape index (κ3) is 2.13. The van der Waals surface area contributed by atoms with Crippen LogP contribution in [0.4, 0.5) is 5.69 Å². The van der Waals surface area contributed by atoms with E-state index in [9.17, 15) is 10.2 Å². The second-order valence-corrected chi connectivity index (χ2v) is 4.24. The molecule has 0 bridgehead atoms. The van der Waals surface area contributed by atoms with Crippen molar-refractivity contribution in [3.8, 4) is 0 Å². The highest BCUT2D eigenvalue weighted by atomic mass is 32.1. The molecule has 0 aromatic carbocycles. The van der Waals surface area contributed by atoms with E-state index in [-0.39, 0.29) is 4.99 Å². The van der Waals surface area contributed by atoms with Gasteiger partial charge in [0.05, 0.1) is 17.9 Å². The van der Waals surface area contributed by atoms with Crippen LogP contribution in [0.3, 0.4) is 0 Å². The predicted octanol–water partition coefficient (Wildman–Crippen LogP) is -0.742. The normalized spacial score (nSPS) is 24.8. The highest BCUT2D eigenvalue weighted by molar-refractivity contribution is 7.80. The molecule has 1 aromatic rings. The smallest absolute Gasteiger partial charge is 0.122 e. The Balaban J connectivity index is 2.21. The average Bonchev–Trinajstić information content (AvgIpc) is 2.59. The molecule has 0 saturated carbocycles. The molecule has 1 aliphatic rings. The molecule has 0 spiro atoms. The lowest BCUT2D eigenvalue weighted by Crippen LogP contribution is -2.22. The van der Waals surface area contributed by atoms with Crippen LogP contribution in [0, 0.1) is 0 Å². The van der Waals surface area contributed by atoms with Gasteiger partial charge in [0.25, 0.3) is 0 Å². The number of hydrogen-bond acceptors (Lipinski definition) is 5. The van der Waals surface area contributed by atoms with E-state index in [0.29, 0.717) is 18.8 Å². The van der Waals surface area contributed by atoms with Crippen LogP contribution in [0.25, 0.3) is 0 Å². The molecule has 4 N–H and O–H groups in total. The molecular weight excluding hydrogens is 226 g/mol. The van der Waals surface area contributed by atoms with Crippen LogP contribution in [-0.2, 0) is 0 Å². The summed E-state index contributed by atoms with van der Waals surface area (Å²) in [5.41, 5.74) is 6.89. The molecule has 0 amide bonds. The van der Waals surface area contributed by atoms with Crippen LogP contribution in [0.5, 0.6) is 0 Å². The Kier molecular flexibility index (Phi) is 3.04. The summed E-state index contributed by atoms with van der Waals surface area (Å²) in [7, 11) is 0. The van der Waals surface area contributed by atoms with Crippen LogP contribution < -0.4 is 10.6 Å². The van der Waals surface area contributed by atoms with Crippen molar-refractivity contribution < 1.29 is 10.2 Å². The minimum atomic E-state index is -0.707. The van der Waals surface area contributed by atoms with Crippen LogP contribution in [0.15, 0.2) is 18.3 Å². The Morgan fingerprint density at radius 1 is 1.44 bits per heavy atom. The van der Waals surface area contributed by atoms with Crippen LogP contribution in [0.1, 0.15) is 5.69 Å². The summed E-state index contributed by atoms with van der Waals surface area (Å²) in [6.07, 6.45) is 0.198. The molecular formula is C10H13N3O2S. The maximum absolute atomic E-state index is 9.45. The third-order valence-corrected chi connectivity index (χ3v) is 2.83. The van der Waals surface area contributed by atoms with Gasteiger partial charge in [0, 0.05) is 25.0 Å². The van der Waals surface area contributed by atoms with Gasteiger partial charge in [0.2, 0.25) is 0 Å². The zero-order chi connectivity index (χ0) is 11.7. The molecule has 2 heterocycles. The Morgan fingerprint density at radius 2 is 2.06 bits per heavy atom. The van der Waals surface area contributed by atoms with Gasteiger partial charge in [-0.1, -0.05) is 12.2 Å². The molecule has 86 valence electrons. The fourth-order valence-corrected chi connectivity index (χ4v) is 1.84. The number of aliphatic hydroxyl groups is 2. The number of pyridine rings is 1. The number of hydrogen-bond donors (Lipinski definition) is 3. The lowest BCUT2D eigenvalue weighted by atomic mass is 10.3. The van der Waals surface area contributed by atoms with E-state index in [0.717, 1.165) is 5.69 Å². The first-order valence-corrected chi connectivity index (χ1v) is 5.35. The molecule has 0 aliphatic carbocycles. The predicted molar refractivity (Wildman–Crippen MR) is 64.4 cm³/mol. The first kappa shape index (κ1) is 11.3. The SMILES string of the molecule is NC(=S)c1cc(N2CC(O)C(O)C2)ccn1. The topological polar surface area (TPSA) is 82.6 Å². The minimum Gasteiger partial charge on any atom is -0.389 e. The highest BCUT2D eigenvalue weighted by Gasteiger charge is 2.29. The summed E-state index contributed by atoms with van der Waals surface area (Å²) in [6.45, 7) is 0.809. The van der Waals surface area contributed by atoms with E-state index in [2.05, 4.69) is 4.98 Å². The fraction of sp³-hybridized carbons (Fsp3) is 0.400. The second-order valence-electron chi connectivity index (χ2n) is 3.80. The van der Waals surface area contributed by atoms with Gasteiger partial charge in [0.15, 0.2) is 0 Å². The second kappa shape index (κ2) is 4.32. The van der Waals surface area contributed by atoms with E-state index in [4.69, 9.17) is 18.0 Å². The molecule has 2 rings (SSSR count). The zero-order valence-corrected chi connectivity index (χ0v) is 9.39. The monoisotopic (exact) mass is 239 g/mol. The highest BCUT2D eigenvalue weighted by Crippen LogP contribution is 2.20. The van der Waals surface area contributed by atoms with Crippen molar-refractivity contribution in [2.75, 3.05) is 18.0 Å². The van der Waals surface area contributed by atoms with E-state index in [1.807, 2.05) is 4.90 Å². The summed E-state index contributed by atoms with van der Waals surface area (Å²) in [5, 5.41) is 18.9. The van der Waals surface area contributed by atoms with Crippen molar-refractivity contribution in [3.63, 3.8) is 0 Å². The number of nitrogens with zero attached hydrogens (tertiary/aromatic N) is 2. The molecule has 1 fully saturated rings. The van der Waals surface area contributed by atoms with Crippen LogP contribution in [-0.4, -0.2) is 45.5 Å². The van der Waals surface area contributed by atoms with Crippen molar-refractivity contribution >= 4 is 22.9 Å². The third-order valence-electron chi connectivity index (χ3n) is 2.62. The molecule has 16 heavy (non-hydrogen) atoms. The fourth-order valence-electron chi connectivity index (χ4n) is 1.73. The van der Waals surface area contributed by atoms with Crippen LogP contribution >= 0.6 is 12.2 Å². The Hall–Kier alpha value is -1.24. The van der Waals surface area contributed by atoms with Gasteiger partial charge in [-0.2, -0.15) is 0 Å². The number of nitrogens with two attached hydrogens (primary N) is 1. The zero-order valence-electron chi connectivity index (χ0n) is 8.58. The number of anilines is 1. The number of rotatable bonds is 2. The van der Waals surface area contributed by atoms with E-state index >= 15 is 0 Å². The summed E-state index contributed by atoms with van der Waals surface area (Å²) in [6, 6.07) is 3.56. The van der Waals surface area contributed by atoms with Gasteiger partial charge in [-0.05, 0) is 12.1 Å². The molecule has 1 saturated heterocycles. The number of aliphatic hydroxyl groups excluding tert-OH is 2. The molecule has 1 aliphatic heterocycles. The van der Waals surface area contributed by atoms with Gasteiger partial charge in [-0.25, -0.2) is 0 Å². The molecule has 1 aromatic heterocycles. The van der Waals surface area contributed by atoms with Crippen molar-refractivity contribution in [3.05, 3.63) is 24.0 Å². The maximum atomic E-state index is 9.45. The summed E-state index contributed by atoms with van der Waals surface area (Å²) >= 11 is 4.84. The van der Waals surface area contributed by atoms with Gasteiger partial charge in [0.1, 0.15) is 4.99 Å². The van der Waals surface area contributed by atoms with Gasteiger partial charge in [-0.3, -0.25) is 4.98 Å². The average molecular weight is 239 g/mol. The maximum Gasteiger partial charge on any atom is 0.122 e. The van der Waals surface area contributed by atoms with Crippen LogP contribution in [0.2, 0.25) is 0 Å². The van der Waals surface area contributed by atoms with E-state index < -0.39 is 12.2 Å². The lowest BCUT2D eigenvalue weighted by molar-refractivity contribution is 0.0572. The van der Waals surface area contributed by atoms with E-state index in [1.165, 1.54) is 0 Å². The molecule has 6 heteroatoms. The first-order chi connectivity index (χ1) is 7.58. The summed E-state index contributed by atoms with van der Waals surface area (Å²) < 4.78 is 0. The lowest BCUT2D eigenvalue weighted by Gasteiger charge is -2.17. The van der Waals surface area contributed by atoms with Crippen molar-refractivity contribution in [2.45, 2.75) is 12.2 Å². The number of thiocarbonyl (C=S) groups is 1. The standard InChI is InChI=1S/C10H13N3O2S/c11-10(16)7-3-6(1-2-12-7)13-4-8(14)9(15)5-13/h1-3,8-9,14-15H,4-5H2,(H2,11,16). The van der Waals surface area contributed by atoms with Gasteiger partial charge < -0.3 is 20.8 Å². The van der Waals surface area contributed by atoms with Crippen molar-refractivity contribution in [1.29, 1.82) is 0 Å². The molecule has 2 unspecified atom stereocenters. The number of aromatic nitrogens is 1. The molecule has 0 radical (unpaired) electrons. The largest absolute Gasteiger partial charge is 0.389 e. The van der Waals surface area contributed by atoms with E-state index in [1.54, 1.807) is 18.3 Å². The number of β-amino-alcohol motifs (C(OH)–C–C–N with tert-alkyl or cyclic N) is 2.